The summed E-state index contributed by atoms with van der Waals surface area (Å²) < 4.78 is 39.5. The fourth-order valence-corrected chi connectivity index (χ4v) is 5.71. The van der Waals surface area contributed by atoms with Crippen LogP contribution in [0.3, 0.4) is 0 Å². The van der Waals surface area contributed by atoms with E-state index in [-0.39, 0.29) is 11.0 Å². The van der Waals surface area contributed by atoms with Gasteiger partial charge in [0.2, 0.25) is 10.0 Å². The maximum absolute atomic E-state index is 13.1. The summed E-state index contributed by atoms with van der Waals surface area (Å²) in [5, 5.41) is 9.13. The third-order valence-corrected chi connectivity index (χ3v) is 8.29. The molecule has 1 heterocycles. The number of methoxy groups -OCH3 is 1. The Labute approximate surface area is 213 Å². The monoisotopic (exact) mass is 505 g/mol. The van der Waals surface area contributed by atoms with Crippen LogP contribution < -0.4 is 4.74 Å². The van der Waals surface area contributed by atoms with Crippen molar-refractivity contribution in [2.75, 3.05) is 39.8 Å². The molecule has 188 valence electrons. The normalized spacial score (nSPS) is 15.8. The molecule has 4 rings (SSSR count). The van der Waals surface area contributed by atoms with Crippen molar-refractivity contribution in [3.8, 4) is 11.8 Å². The van der Waals surface area contributed by atoms with E-state index >= 15 is 0 Å². The van der Waals surface area contributed by atoms with Gasteiger partial charge in [-0.05, 0) is 48.4 Å². The molecular weight excluding hydrogens is 474 g/mol. The second kappa shape index (κ2) is 11.7. The fourth-order valence-electron chi connectivity index (χ4n) is 4.24. The lowest BCUT2D eigenvalue weighted by molar-refractivity contribution is 0.00762. The van der Waals surface area contributed by atoms with Gasteiger partial charge in [-0.15, -0.1) is 0 Å². The molecule has 3 aromatic carbocycles. The molecule has 0 bridgehead atoms. The number of sulfonamides is 1. The van der Waals surface area contributed by atoms with E-state index in [0.29, 0.717) is 44.9 Å². The molecule has 1 fully saturated rings. The molecule has 0 unspecified atom stereocenters. The molecule has 36 heavy (non-hydrogen) atoms. The van der Waals surface area contributed by atoms with Crippen LogP contribution in [0.4, 0.5) is 0 Å². The largest absolute Gasteiger partial charge is 0.497 e. The van der Waals surface area contributed by atoms with Gasteiger partial charge in [0.1, 0.15) is 5.75 Å². The molecule has 0 aliphatic carbocycles. The van der Waals surface area contributed by atoms with Crippen molar-refractivity contribution in [2.45, 2.75) is 24.5 Å². The van der Waals surface area contributed by atoms with Crippen LogP contribution >= 0.6 is 0 Å². The van der Waals surface area contributed by atoms with Crippen molar-refractivity contribution in [2.24, 2.45) is 0 Å². The van der Waals surface area contributed by atoms with E-state index in [0.717, 1.165) is 16.9 Å². The predicted octanol–water partition coefficient (Wildman–Crippen LogP) is 4.14. The van der Waals surface area contributed by atoms with Crippen molar-refractivity contribution < 1.29 is 17.9 Å². The number of hydrogen-bond acceptors (Lipinski definition) is 6. The third kappa shape index (κ3) is 6.31. The minimum atomic E-state index is -3.65. The molecule has 0 aromatic heterocycles. The van der Waals surface area contributed by atoms with Crippen LogP contribution in [0.25, 0.3) is 0 Å². The van der Waals surface area contributed by atoms with Crippen LogP contribution in [0.5, 0.6) is 5.75 Å². The van der Waals surface area contributed by atoms with Gasteiger partial charge in [0.25, 0.3) is 0 Å². The van der Waals surface area contributed by atoms with Gasteiger partial charge in [-0.2, -0.15) is 9.57 Å². The summed E-state index contributed by atoms with van der Waals surface area (Å²) in [5.74, 6) is 0.770. The van der Waals surface area contributed by atoms with Crippen LogP contribution in [0.2, 0.25) is 0 Å². The minimum absolute atomic E-state index is 0.158. The van der Waals surface area contributed by atoms with Gasteiger partial charge in [-0.3, -0.25) is 4.90 Å². The van der Waals surface area contributed by atoms with Gasteiger partial charge >= 0.3 is 0 Å². The van der Waals surface area contributed by atoms with Crippen molar-refractivity contribution in [1.29, 1.82) is 5.26 Å². The zero-order valence-corrected chi connectivity index (χ0v) is 21.4. The quantitative estimate of drug-likeness (QED) is 0.435. The van der Waals surface area contributed by atoms with E-state index in [1.807, 2.05) is 30.3 Å². The Balaban J connectivity index is 1.44. The fraction of sp³-hybridized carbons (Fsp3) is 0.321. The highest BCUT2D eigenvalue weighted by atomic mass is 32.2. The number of piperazine rings is 1. The Hall–Kier alpha value is -3.22. The van der Waals surface area contributed by atoms with Crippen molar-refractivity contribution >= 4 is 10.0 Å². The number of nitriles is 1. The van der Waals surface area contributed by atoms with Crippen molar-refractivity contribution in [1.82, 2.24) is 9.21 Å². The van der Waals surface area contributed by atoms with Gasteiger partial charge in [0, 0.05) is 32.7 Å². The van der Waals surface area contributed by atoms with Crippen LogP contribution in [0.15, 0.2) is 77.7 Å². The first-order valence-corrected chi connectivity index (χ1v) is 13.4. The summed E-state index contributed by atoms with van der Waals surface area (Å²) >= 11 is 0. The Kier molecular flexibility index (Phi) is 8.39. The Morgan fingerprint density at radius 2 is 1.69 bits per heavy atom. The summed E-state index contributed by atoms with van der Waals surface area (Å²) in [6, 6.07) is 24.4. The molecular formula is C28H31N3O4S. The number of aryl methyl sites for hydroxylation is 1. The summed E-state index contributed by atoms with van der Waals surface area (Å²) in [7, 11) is -2.00. The Morgan fingerprint density at radius 1 is 0.972 bits per heavy atom. The summed E-state index contributed by atoms with van der Waals surface area (Å²) in [6.07, 6.45) is -0.197. The number of hydrogen-bond donors (Lipinski definition) is 0. The molecule has 0 saturated carbocycles. The number of ether oxygens (including phenoxy) is 2. The van der Waals surface area contributed by atoms with Gasteiger partial charge in [-0.1, -0.05) is 48.0 Å². The average molecular weight is 506 g/mol. The molecule has 0 spiro atoms. The number of rotatable bonds is 9. The maximum atomic E-state index is 13.1. The van der Waals surface area contributed by atoms with Gasteiger partial charge in [0.05, 0.1) is 36.3 Å². The lowest BCUT2D eigenvalue weighted by Crippen LogP contribution is -2.49. The van der Waals surface area contributed by atoms with Gasteiger partial charge in [0.15, 0.2) is 0 Å². The molecule has 1 aliphatic heterocycles. The first-order valence-electron chi connectivity index (χ1n) is 11.9. The maximum Gasteiger partial charge on any atom is 0.243 e. The highest BCUT2D eigenvalue weighted by Gasteiger charge is 2.30. The SMILES string of the molecule is COc1cccc([C@@H](CN2CCN(S(=O)(=O)c3cccc(C#N)c3)CC2)OCc2ccc(C)cc2)c1. The van der Waals surface area contributed by atoms with Crippen LogP contribution in [-0.2, 0) is 21.4 Å². The summed E-state index contributed by atoms with van der Waals surface area (Å²) in [5.41, 5.74) is 3.66. The molecule has 0 N–H and O–H groups in total. The van der Waals surface area contributed by atoms with Crippen molar-refractivity contribution in [3.63, 3.8) is 0 Å². The lowest BCUT2D eigenvalue weighted by Gasteiger charge is -2.36. The van der Waals surface area contributed by atoms with E-state index < -0.39 is 10.0 Å². The number of benzene rings is 3. The molecule has 0 amide bonds. The van der Waals surface area contributed by atoms with E-state index in [9.17, 15) is 8.42 Å². The van der Waals surface area contributed by atoms with E-state index in [1.54, 1.807) is 25.3 Å². The Morgan fingerprint density at radius 3 is 2.39 bits per heavy atom. The van der Waals surface area contributed by atoms with E-state index in [1.165, 1.54) is 15.9 Å². The molecule has 3 aromatic rings. The first kappa shape index (κ1) is 25.9. The standard InChI is InChI=1S/C28H31N3O4S/c1-22-9-11-23(12-10-22)21-35-28(25-6-4-7-26(18-25)34-2)20-30-13-15-31(16-14-30)36(32,33)27-8-3-5-24(17-27)19-29/h3-12,17-18,28H,13-16,20-21H2,1-2H3/t28-/m1/s1. The number of nitrogens with zero attached hydrogens (tertiary/aromatic N) is 3. The predicted molar refractivity (Wildman–Crippen MR) is 138 cm³/mol. The highest BCUT2D eigenvalue weighted by molar-refractivity contribution is 7.89. The van der Waals surface area contributed by atoms with Crippen LogP contribution in [-0.4, -0.2) is 57.5 Å². The van der Waals surface area contributed by atoms with Crippen LogP contribution in [0, 0.1) is 18.3 Å². The van der Waals surface area contributed by atoms with E-state index in [2.05, 4.69) is 36.1 Å². The second-order valence-corrected chi connectivity index (χ2v) is 10.8. The zero-order valence-electron chi connectivity index (χ0n) is 20.6. The lowest BCUT2D eigenvalue weighted by atomic mass is 10.1. The molecule has 1 saturated heterocycles. The average Bonchev–Trinajstić information content (AvgIpc) is 2.92. The summed E-state index contributed by atoms with van der Waals surface area (Å²) in [4.78, 5) is 2.39. The molecule has 0 radical (unpaired) electrons. The second-order valence-electron chi connectivity index (χ2n) is 8.91. The minimum Gasteiger partial charge on any atom is -0.497 e. The van der Waals surface area contributed by atoms with Gasteiger partial charge in [-0.25, -0.2) is 8.42 Å². The zero-order chi connectivity index (χ0) is 25.5. The van der Waals surface area contributed by atoms with E-state index in [4.69, 9.17) is 14.7 Å². The smallest absolute Gasteiger partial charge is 0.243 e. The Bertz CT molecular complexity index is 1310. The van der Waals surface area contributed by atoms with Crippen molar-refractivity contribution in [3.05, 3.63) is 95.1 Å². The topological polar surface area (TPSA) is 82.9 Å². The third-order valence-electron chi connectivity index (χ3n) is 6.39. The highest BCUT2D eigenvalue weighted by Crippen LogP contribution is 2.26. The molecule has 1 aliphatic rings. The molecule has 1 atom stereocenters. The first-order chi connectivity index (χ1) is 17.4. The van der Waals surface area contributed by atoms with Gasteiger partial charge < -0.3 is 9.47 Å². The summed E-state index contributed by atoms with van der Waals surface area (Å²) in [6.45, 7) is 5.10. The van der Waals surface area contributed by atoms with Crippen LogP contribution in [0.1, 0.15) is 28.4 Å². The molecule has 7 nitrogen and oxygen atoms in total. The molecule has 8 heteroatoms.